The first-order valence-electron chi connectivity index (χ1n) is 4.02. The second kappa shape index (κ2) is 7.48. The van der Waals surface area contributed by atoms with Crippen LogP contribution in [-0.2, 0) is 9.53 Å². The van der Waals surface area contributed by atoms with Crippen molar-refractivity contribution in [3.05, 3.63) is 12.2 Å². The van der Waals surface area contributed by atoms with Crippen LogP contribution in [0, 0.1) is 0 Å². The van der Waals surface area contributed by atoms with Gasteiger partial charge >= 0.3 is 0 Å². The van der Waals surface area contributed by atoms with Gasteiger partial charge in [0.05, 0.1) is 6.61 Å². The molecule has 0 atom stereocenters. The minimum Gasteiger partial charge on any atom is -0.381 e. The number of rotatable bonds is 6. The number of carbonyl (C=O) groups excluding carboxylic acids is 1. The highest BCUT2D eigenvalue weighted by atomic mass is 16.5. The van der Waals surface area contributed by atoms with Gasteiger partial charge in [-0.25, -0.2) is 0 Å². The Kier molecular flexibility index (Phi) is 7.05. The SMILES string of the molecule is CCCOCC/C=C/C(C)=O. The monoisotopic (exact) mass is 156 g/mol. The zero-order valence-electron chi connectivity index (χ0n) is 7.30. The number of allylic oxidation sites excluding steroid dienone is 1. The van der Waals surface area contributed by atoms with Crippen molar-refractivity contribution in [1.82, 2.24) is 0 Å². The van der Waals surface area contributed by atoms with Crippen LogP contribution in [0.2, 0.25) is 0 Å². The zero-order valence-corrected chi connectivity index (χ0v) is 7.30. The van der Waals surface area contributed by atoms with E-state index in [1.807, 2.05) is 6.08 Å². The summed E-state index contributed by atoms with van der Waals surface area (Å²) >= 11 is 0. The van der Waals surface area contributed by atoms with Gasteiger partial charge in [0.15, 0.2) is 5.78 Å². The first-order chi connectivity index (χ1) is 5.27. The predicted octanol–water partition coefficient (Wildman–Crippen LogP) is 1.95. The van der Waals surface area contributed by atoms with Crippen molar-refractivity contribution in [1.29, 1.82) is 0 Å². The average molecular weight is 156 g/mol. The Morgan fingerprint density at radius 2 is 2.18 bits per heavy atom. The third-order valence-corrected chi connectivity index (χ3v) is 1.13. The van der Waals surface area contributed by atoms with Gasteiger partial charge in [-0.1, -0.05) is 13.0 Å². The molecule has 0 N–H and O–H groups in total. The van der Waals surface area contributed by atoms with Crippen molar-refractivity contribution in [3.8, 4) is 0 Å². The molecule has 0 saturated carbocycles. The summed E-state index contributed by atoms with van der Waals surface area (Å²) in [4.78, 5) is 10.4. The van der Waals surface area contributed by atoms with Crippen LogP contribution in [0.3, 0.4) is 0 Å². The van der Waals surface area contributed by atoms with E-state index in [0.29, 0.717) is 0 Å². The van der Waals surface area contributed by atoms with E-state index in [-0.39, 0.29) is 5.78 Å². The fraction of sp³-hybridized carbons (Fsp3) is 0.667. The van der Waals surface area contributed by atoms with E-state index in [4.69, 9.17) is 4.74 Å². The van der Waals surface area contributed by atoms with Crippen LogP contribution in [0.5, 0.6) is 0 Å². The molecule has 0 amide bonds. The molecule has 0 aromatic carbocycles. The standard InChI is InChI=1S/C9H16O2/c1-3-7-11-8-5-4-6-9(2)10/h4,6H,3,5,7-8H2,1-2H3/b6-4+. The van der Waals surface area contributed by atoms with Gasteiger partial charge in [0, 0.05) is 6.61 Å². The van der Waals surface area contributed by atoms with Gasteiger partial charge in [-0.05, 0) is 25.8 Å². The molecule has 0 aliphatic rings. The molecular formula is C9H16O2. The molecule has 0 saturated heterocycles. The Morgan fingerprint density at radius 1 is 1.45 bits per heavy atom. The first kappa shape index (κ1) is 10.4. The molecule has 0 aliphatic carbocycles. The van der Waals surface area contributed by atoms with E-state index >= 15 is 0 Å². The van der Waals surface area contributed by atoms with E-state index in [0.717, 1.165) is 26.1 Å². The topological polar surface area (TPSA) is 26.3 Å². The highest BCUT2D eigenvalue weighted by molar-refractivity contribution is 5.87. The molecule has 64 valence electrons. The summed E-state index contributed by atoms with van der Waals surface area (Å²) in [6, 6.07) is 0. The lowest BCUT2D eigenvalue weighted by Crippen LogP contribution is -1.93. The van der Waals surface area contributed by atoms with E-state index in [2.05, 4.69) is 6.92 Å². The van der Waals surface area contributed by atoms with Crippen molar-refractivity contribution in [3.63, 3.8) is 0 Å². The van der Waals surface area contributed by atoms with Gasteiger partial charge in [0.25, 0.3) is 0 Å². The second-order valence-electron chi connectivity index (χ2n) is 2.41. The lowest BCUT2D eigenvalue weighted by Gasteiger charge is -1.96. The van der Waals surface area contributed by atoms with Crippen LogP contribution in [0.1, 0.15) is 26.7 Å². The molecule has 0 bridgehead atoms. The molecule has 0 spiro atoms. The number of hydrogen-bond acceptors (Lipinski definition) is 2. The maximum atomic E-state index is 10.4. The fourth-order valence-electron chi connectivity index (χ4n) is 0.647. The number of hydrogen-bond donors (Lipinski definition) is 0. The Morgan fingerprint density at radius 3 is 2.73 bits per heavy atom. The fourth-order valence-corrected chi connectivity index (χ4v) is 0.647. The lowest BCUT2D eigenvalue weighted by molar-refractivity contribution is -0.112. The highest BCUT2D eigenvalue weighted by Gasteiger charge is 1.84. The quantitative estimate of drug-likeness (QED) is 0.434. The Hall–Kier alpha value is -0.630. The Bertz CT molecular complexity index is 128. The summed E-state index contributed by atoms with van der Waals surface area (Å²) < 4.78 is 5.20. The summed E-state index contributed by atoms with van der Waals surface area (Å²) in [5.41, 5.74) is 0. The molecular weight excluding hydrogens is 140 g/mol. The molecule has 2 nitrogen and oxygen atoms in total. The van der Waals surface area contributed by atoms with E-state index < -0.39 is 0 Å². The number of ether oxygens (including phenoxy) is 1. The third kappa shape index (κ3) is 9.37. The smallest absolute Gasteiger partial charge is 0.152 e. The van der Waals surface area contributed by atoms with Gasteiger partial charge in [-0.3, -0.25) is 4.79 Å². The predicted molar refractivity (Wildman–Crippen MR) is 45.5 cm³/mol. The molecule has 0 aromatic rings. The minimum absolute atomic E-state index is 0.0977. The third-order valence-electron chi connectivity index (χ3n) is 1.13. The van der Waals surface area contributed by atoms with Crippen LogP contribution >= 0.6 is 0 Å². The van der Waals surface area contributed by atoms with Crippen molar-refractivity contribution in [2.75, 3.05) is 13.2 Å². The van der Waals surface area contributed by atoms with Gasteiger partial charge in [-0.15, -0.1) is 0 Å². The molecule has 11 heavy (non-hydrogen) atoms. The van der Waals surface area contributed by atoms with E-state index in [1.165, 1.54) is 0 Å². The Labute approximate surface area is 68.2 Å². The van der Waals surface area contributed by atoms with E-state index in [9.17, 15) is 4.79 Å². The van der Waals surface area contributed by atoms with Crippen LogP contribution in [0.15, 0.2) is 12.2 Å². The largest absolute Gasteiger partial charge is 0.381 e. The molecule has 0 radical (unpaired) electrons. The van der Waals surface area contributed by atoms with Gasteiger partial charge in [-0.2, -0.15) is 0 Å². The van der Waals surface area contributed by atoms with Crippen molar-refractivity contribution < 1.29 is 9.53 Å². The molecule has 0 aromatic heterocycles. The zero-order chi connectivity index (χ0) is 8.53. The van der Waals surface area contributed by atoms with Crippen molar-refractivity contribution in [2.24, 2.45) is 0 Å². The number of ketones is 1. The molecule has 0 aliphatic heterocycles. The summed E-state index contributed by atoms with van der Waals surface area (Å²) in [6.45, 7) is 5.15. The average Bonchev–Trinajstić information content (AvgIpc) is 1.96. The van der Waals surface area contributed by atoms with Gasteiger partial charge in [0.2, 0.25) is 0 Å². The van der Waals surface area contributed by atoms with Crippen LogP contribution in [-0.4, -0.2) is 19.0 Å². The summed E-state index contributed by atoms with van der Waals surface area (Å²) in [7, 11) is 0. The molecule has 2 heteroatoms. The minimum atomic E-state index is 0.0977. The molecule has 0 rings (SSSR count). The van der Waals surface area contributed by atoms with Gasteiger partial charge in [0.1, 0.15) is 0 Å². The molecule has 0 unspecified atom stereocenters. The molecule has 0 heterocycles. The Balaban J connectivity index is 3.07. The maximum absolute atomic E-state index is 10.4. The second-order valence-corrected chi connectivity index (χ2v) is 2.41. The van der Waals surface area contributed by atoms with Crippen LogP contribution in [0.4, 0.5) is 0 Å². The summed E-state index contributed by atoms with van der Waals surface area (Å²) in [5.74, 6) is 0.0977. The van der Waals surface area contributed by atoms with Crippen molar-refractivity contribution >= 4 is 5.78 Å². The van der Waals surface area contributed by atoms with Crippen molar-refractivity contribution in [2.45, 2.75) is 26.7 Å². The summed E-state index contributed by atoms with van der Waals surface area (Å²) in [6.07, 6.45) is 5.31. The number of carbonyl (C=O) groups is 1. The van der Waals surface area contributed by atoms with Gasteiger partial charge < -0.3 is 4.74 Å². The normalized spacial score (nSPS) is 10.7. The van der Waals surface area contributed by atoms with E-state index in [1.54, 1.807) is 13.0 Å². The summed E-state index contributed by atoms with van der Waals surface area (Å²) in [5, 5.41) is 0. The van der Waals surface area contributed by atoms with Crippen LogP contribution < -0.4 is 0 Å². The lowest BCUT2D eigenvalue weighted by atomic mass is 10.3. The molecule has 0 fully saturated rings. The first-order valence-corrected chi connectivity index (χ1v) is 4.02. The van der Waals surface area contributed by atoms with Crippen LogP contribution in [0.25, 0.3) is 0 Å². The highest BCUT2D eigenvalue weighted by Crippen LogP contribution is 1.87. The maximum Gasteiger partial charge on any atom is 0.152 e.